The van der Waals surface area contributed by atoms with Gasteiger partial charge in [-0.3, -0.25) is 4.68 Å². The Morgan fingerprint density at radius 2 is 2.64 bits per heavy atom. The normalized spacial score (nSPS) is 22.1. The summed E-state index contributed by atoms with van der Waals surface area (Å²) >= 11 is 0. The third-order valence-corrected chi connectivity index (χ3v) is 1.88. The highest BCUT2D eigenvalue weighted by Gasteiger charge is 2.22. The Labute approximate surface area is 66.0 Å². The Kier molecular flexibility index (Phi) is 1.66. The van der Waals surface area contributed by atoms with Gasteiger partial charge >= 0.3 is 0 Å². The summed E-state index contributed by atoms with van der Waals surface area (Å²) in [6.07, 6.45) is 5.51. The fourth-order valence-electron chi connectivity index (χ4n) is 1.13. The second-order valence-electron chi connectivity index (χ2n) is 2.86. The Morgan fingerprint density at radius 1 is 1.82 bits per heavy atom. The van der Waals surface area contributed by atoms with Gasteiger partial charge in [-0.15, -0.1) is 0 Å². The molecule has 0 saturated carbocycles. The van der Waals surface area contributed by atoms with Gasteiger partial charge in [0.05, 0.1) is 18.9 Å². The van der Waals surface area contributed by atoms with E-state index in [2.05, 4.69) is 18.2 Å². The van der Waals surface area contributed by atoms with Crippen molar-refractivity contribution in [3.63, 3.8) is 0 Å². The minimum absolute atomic E-state index is 0.476. The number of hydrogen-bond acceptors (Lipinski definition) is 2. The molecule has 3 nitrogen and oxygen atoms in total. The van der Waals surface area contributed by atoms with E-state index in [1.54, 1.807) is 0 Å². The predicted molar refractivity (Wildman–Crippen MR) is 41.3 cm³/mol. The Morgan fingerprint density at radius 3 is 3.18 bits per heavy atom. The second-order valence-corrected chi connectivity index (χ2v) is 2.86. The molecule has 0 amide bonds. The maximum Gasteiger partial charge on any atom is 0.0851 e. The number of aryl methyl sites for hydroxylation is 1. The molecule has 1 aliphatic rings. The van der Waals surface area contributed by atoms with Crippen LogP contribution in [0.2, 0.25) is 0 Å². The van der Waals surface area contributed by atoms with Crippen LogP contribution < -0.4 is 0 Å². The van der Waals surface area contributed by atoms with Gasteiger partial charge in [-0.05, 0) is 12.5 Å². The number of epoxide rings is 1. The highest BCUT2D eigenvalue weighted by Crippen LogP contribution is 2.15. The van der Waals surface area contributed by atoms with Gasteiger partial charge in [-0.1, -0.05) is 0 Å². The average Bonchev–Trinajstić information content (AvgIpc) is 2.68. The van der Waals surface area contributed by atoms with Gasteiger partial charge in [-0.2, -0.15) is 5.10 Å². The van der Waals surface area contributed by atoms with Gasteiger partial charge in [0.2, 0.25) is 0 Å². The largest absolute Gasteiger partial charge is 0.373 e. The fraction of sp³-hybridized carbons (Fsp3) is 0.625. The van der Waals surface area contributed by atoms with E-state index in [1.807, 2.05) is 10.9 Å². The van der Waals surface area contributed by atoms with Gasteiger partial charge in [-0.25, -0.2) is 0 Å². The topological polar surface area (TPSA) is 30.4 Å². The van der Waals surface area contributed by atoms with Crippen molar-refractivity contribution in [2.24, 2.45) is 0 Å². The second kappa shape index (κ2) is 2.66. The summed E-state index contributed by atoms with van der Waals surface area (Å²) in [6, 6.07) is 0. The van der Waals surface area contributed by atoms with Gasteiger partial charge in [0.1, 0.15) is 0 Å². The molecule has 3 heteroatoms. The van der Waals surface area contributed by atoms with Crippen LogP contribution in [0, 0.1) is 0 Å². The third-order valence-electron chi connectivity index (χ3n) is 1.88. The molecule has 2 heterocycles. The van der Waals surface area contributed by atoms with Crippen LogP contribution in [-0.4, -0.2) is 22.5 Å². The molecule has 1 unspecified atom stereocenters. The van der Waals surface area contributed by atoms with Crippen LogP contribution in [0.5, 0.6) is 0 Å². The fourth-order valence-corrected chi connectivity index (χ4v) is 1.13. The van der Waals surface area contributed by atoms with E-state index >= 15 is 0 Å². The summed E-state index contributed by atoms with van der Waals surface area (Å²) in [4.78, 5) is 0. The van der Waals surface area contributed by atoms with E-state index in [0.717, 1.165) is 19.6 Å². The van der Waals surface area contributed by atoms with Crippen molar-refractivity contribution in [3.8, 4) is 0 Å². The summed E-state index contributed by atoms with van der Waals surface area (Å²) in [5, 5.41) is 4.18. The van der Waals surface area contributed by atoms with Gasteiger partial charge in [0, 0.05) is 19.2 Å². The molecule has 0 N–H and O–H groups in total. The number of aromatic nitrogens is 2. The molecule has 0 bridgehead atoms. The van der Waals surface area contributed by atoms with E-state index < -0.39 is 0 Å². The van der Waals surface area contributed by atoms with E-state index in [0.29, 0.717) is 6.10 Å². The number of nitrogens with zero attached hydrogens (tertiary/aromatic N) is 2. The third kappa shape index (κ3) is 1.60. The molecular formula is C8H12N2O. The molecule has 1 aromatic heterocycles. The van der Waals surface area contributed by atoms with Crippen molar-refractivity contribution in [3.05, 3.63) is 18.0 Å². The molecular weight excluding hydrogens is 140 g/mol. The first kappa shape index (κ1) is 6.85. The maximum absolute atomic E-state index is 5.12. The molecule has 0 spiro atoms. The maximum atomic E-state index is 5.12. The van der Waals surface area contributed by atoms with Crippen molar-refractivity contribution < 1.29 is 4.74 Å². The van der Waals surface area contributed by atoms with Crippen molar-refractivity contribution in [2.75, 3.05) is 6.61 Å². The lowest BCUT2D eigenvalue weighted by molar-refractivity contribution is 0.407. The van der Waals surface area contributed by atoms with E-state index in [9.17, 15) is 0 Å². The monoisotopic (exact) mass is 152 g/mol. The zero-order valence-electron chi connectivity index (χ0n) is 6.66. The molecule has 1 aliphatic heterocycles. The molecule has 0 aliphatic carbocycles. The average molecular weight is 152 g/mol. The van der Waals surface area contributed by atoms with Crippen LogP contribution in [0.4, 0.5) is 0 Å². The molecule has 2 rings (SSSR count). The molecule has 1 atom stereocenters. The first-order chi connectivity index (χ1) is 5.38. The zero-order chi connectivity index (χ0) is 7.68. The summed E-state index contributed by atoms with van der Waals surface area (Å²) in [7, 11) is 0. The van der Waals surface area contributed by atoms with Crippen molar-refractivity contribution in [1.82, 2.24) is 9.78 Å². The molecule has 1 fully saturated rings. The number of ether oxygens (including phenoxy) is 1. The quantitative estimate of drug-likeness (QED) is 0.601. The SMILES string of the molecule is CCn1cc(CC2CO2)cn1. The lowest BCUT2D eigenvalue weighted by Gasteiger charge is -1.90. The van der Waals surface area contributed by atoms with Gasteiger partial charge in [0.15, 0.2) is 0 Å². The van der Waals surface area contributed by atoms with Crippen molar-refractivity contribution >= 4 is 0 Å². The Hall–Kier alpha value is -0.830. The molecule has 1 saturated heterocycles. The van der Waals surface area contributed by atoms with Crippen LogP contribution in [-0.2, 0) is 17.7 Å². The lowest BCUT2D eigenvalue weighted by atomic mass is 10.2. The minimum atomic E-state index is 0.476. The predicted octanol–water partition coefficient (Wildman–Crippen LogP) is 0.844. The Bertz CT molecular complexity index is 240. The van der Waals surface area contributed by atoms with E-state index in [4.69, 9.17) is 4.74 Å². The molecule has 0 aromatic carbocycles. The first-order valence-electron chi connectivity index (χ1n) is 4.01. The summed E-state index contributed by atoms with van der Waals surface area (Å²) in [5.74, 6) is 0. The molecule has 1 aromatic rings. The summed E-state index contributed by atoms with van der Waals surface area (Å²) in [5.41, 5.74) is 1.29. The molecule has 0 radical (unpaired) electrons. The van der Waals surface area contributed by atoms with Crippen LogP contribution in [0.3, 0.4) is 0 Å². The molecule has 60 valence electrons. The van der Waals surface area contributed by atoms with Gasteiger partial charge in [0.25, 0.3) is 0 Å². The van der Waals surface area contributed by atoms with E-state index in [1.165, 1.54) is 5.56 Å². The number of rotatable bonds is 3. The lowest BCUT2D eigenvalue weighted by Crippen LogP contribution is -1.93. The first-order valence-corrected chi connectivity index (χ1v) is 4.01. The highest BCUT2D eigenvalue weighted by molar-refractivity contribution is 5.06. The summed E-state index contributed by atoms with van der Waals surface area (Å²) in [6.45, 7) is 3.97. The van der Waals surface area contributed by atoms with Crippen LogP contribution in [0.15, 0.2) is 12.4 Å². The summed E-state index contributed by atoms with van der Waals surface area (Å²) < 4.78 is 7.06. The smallest absolute Gasteiger partial charge is 0.0851 e. The van der Waals surface area contributed by atoms with Crippen LogP contribution in [0.25, 0.3) is 0 Å². The van der Waals surface area contributed by atoms with Crippen molar-refractivity contribution in [1.29, 1.82) is 0 Å². The minimum Gasteiger partial charge on any atom is -0.373 e. The standard InChI is InChI=1S/C8H12N2O/c1-2-10-5-7(4-9-10)3-8-6-11-8/h4-5,8H,2-3,6H2,1H3. The highest BCUT2D eigenvalue weighted by atomic mass is 16.6. The van der Waals surface area contributed by atoms with Crippen molar-refractivity contribution in [2.45, 2.75) is 26.0 Å². The van der Waals surface area contributed by atoms with Gasteiger partial charge < -0.3 is 4.74 Å². The molecule has 11 heavy (non-hydrogen) atoms. The zero-order valence-corrected chi connectivity index (χ0v) is 6.66. The van der Waals surface area contributed by atoms with Crippen LogP contribution >= 0.6 is 0 Å². The Balaban J connectivity index is 1.99. The number of hydrogen-bond donors (Lipinski definition) is 0. The van der Waals surface area contributed by atoms with E-state index in [-0.39, 0.29) is 0 Å². The van der Waals surface area contributed by atoms with Crippen LogP contribution in [0.1, 0.15) is 12.5 Å².